The predicted octanol–water partition coefficient (Wildman–Crippen LogP) is -0.0574. The van der Waals surface area contributed by atoms with E-state index in [1.54, 1.807) is 6.92 Å². The van der Waals surface area contributed by atoms with Gasteiger partial charge in [0, 0.05) is 6.04 Å². The topological polar surface area (TPSA) is 66.4 Å². The summed E-state index contributed by atoms with van der Waals surface area (Å²) in [5.41, 5.74) is 0. The summed E-state index contributed by atoms with van der Waals surface area (Å²) < 4.78 is 24.5. The van der Waals surface area contributed by atoms with Gasteiger partial charge in [0.15, 0.2) is 0 Å². The lowest BCUT2D eigenvalue weighted by Gasteiger charge is -2.18. The Hall–Kier alpha value is -0.130. The smallest absolute Gasteiger partial charge is 0.211 e. The van der Waals surface area contributed by atoms with Crippen LogP contribution in [0, 0.1) is 5.92 Å². The first-order valence-electron chi connectivity index (χ1n) is 4.03. The van der Waals surface area contributed by atoms with Crippen LogP contribution in [0.1, 0.15) is 20.8 Å². The summed E-state index contributed by atoms with van der Waals surface area (Å²) in [6.45, 7) is 5.13. The molecule has 0 amide bonds. The van der Waals surface area contributed by atoms with Crippen molar-refractivity contribution in [1.82, 2.24) is 4.72 Å². The van der Waals surface area contributed by atoms with Crippen molar-refractivity contribution in [3.63, 3.8) is 0 Å². The van der Waals surface area contributed by atoms with E-state index in [1.165, 1.54) is 0 Å². The molecular weight excluding hydrogens is 178 g/mol. The van der Waals surface area contributed by atoms with Crippen molar-refractivity contribution >= 4 is 10.0 Å². The third kappa shape index (κ3) is 4.04. The fourth-order valence-corrected chi connectivity index (χ4v) is 1.67. The number of aliphatic hydroxyl groups excluding tert-OH is 1. The zero-order valence-corrected chi connectivity index (χ0v) is 8.56. The Balaban J connectivity index is 4.22. The third-order valence-electron chi connectivity index (χ3n) is 1.71. The minimum Gasteiger partial charge on any atom is -0.395 e. The van der Waals surface area contributed by atoms with Crippen LogP contribution in [0.25, 0.3) is 0 Å². The molecule has 0 aromatic rings. The Bertz CT molecular complexity index is 211. The molecule has 0 aliphatic rings. The van der Waals surface area contributed by atoms with Crippen LogP contribution in [0.3, 0.4) is 0 Å². The maximum absolute atomic E-state index is 11.1. The molecule has 1 atom stereocenters. The van der Waals surface area contributed by atoms with Crippen molar-refractivity contribution in [3.8, 4) is 0 Å². The molecule has 5 heteroatoms. The van der Waals surface area contributed by atoms with Crippen LogP contribution in [0.5, 0.6) is 0 Å². The van der Waals surface area contributed by atoms with Crippen molar-refractivity contribution in [1.29, 1.82) is 0 Å². The van der Waals surface area contributed by atoms with Crippen LogP contribution in [-0.4, -0.2) is 31.9 Å². The van der Waals surface area contributed by atoms with Gasteiger partial charge < -0.3 is 5.11 Å². The average Bonchev–Trinajstić information content (AvgIpc) is 2.00. The zero-order valence-electron chi connectivity index (χ0n) is 7.74. The van der Waals surface area contributed by atoms with Gasteiger partial charge in [-0.05, 0) is 12.8 Å². The molecule has 0 aromatic heterocycles. The van der Waals surface area contributed by atoms with Crippen molar-refractivity contribution in [2.45, 2.75) is 26.8 Å². The van der Waals surface area contributed by atoms with E-state index >= 15 is 0 Å². The molecular formula is C7H17NO3S. The minimum atomic E-state index is -3.19. The summed E-state index contributed by atoms with van der Waals surface area (Å²) in [5, 5.41) is 8.83. The quantitative estimate of drug-likeness (QED) is 0.646. The fraction of sp³-hybridized carbons (Fsp3) is 1.00. The van der Waals surface area contributed by atoms with E-state index in [0.717, 1.165) is 0 Å². The highest BCUT2D eigenvalue weighted by Crippen LogP contribution is 2.02. The van der Waals surface area contributed by atoms with Crippen LogP contribution < -0.4 is 4.72 Å². The largest absolute Gasteiger partial charge is 0.395 e. The summed E-state index contributed by atoms with van der Waals surface area (Å²) in [5.74, 6) is 0.160. The van der Waals surface area contributed by atoms with Crippen molar-refractivity contribution < 1.29 is 13.5 Å². The van der Waals surface area contributed by atoms with E-state index in [0.29, 0.717) is 0 Å². The second-order valence-electron chi connectivity index (χ2n) is 3.05. The molecule has 0 aliphatic heterocycles. The predicted molar refractivity (Wildman–Crippen MR) is 48.3 cm³/mol. The first kappa shape index (κ1) is 11.9. The molecule has 74 valence electrons. The molecule has 1 unspecified atom stereocenters. The normalized spacial score (nSPS) is 15.1. The highest BCUT2D eigenvalue weighted by atomic mass is 32.2. The molecule has 2 N–H and O–H groups in total. The van der Waals surface area contributed by atoms with Crippen molar-refractivity contribution in [2.75, 3.05) is 12.4 Å². The van der Waals surface area contributed by atoms with Gasteiger partial charge in [0.2, 0.25) is 10.0 Å². The summed E-state index contributed by atoms with van der Waals surface area (Å²) in [6.07, 6.45) is 0. The van der Waals surface area contributed by atoms with Gasteiger partial charge in [-0.25, -0.2) is 13.1 Å². The Morgan fingerprint density at radius 2 is 1.92 bits per heavy atom. The number of hydrogen-bond donors (Lipinski definition) is 2. The molecule has 0 aliphatic carbocycles. The van der Waals surface area contributed by atoms with Crippen LogP contribution in [0.2, 0.25) is 0 Å². The molecule has 0 saturated carbocycles. The molecule has 0 heterocycles. The summed E-state index contributed by atoms with van der Waals surface area (Å²) in [6, 6.07) is -0.366. The van der Waals surface area contributed by atoms with Crippen molar-refractivity contribution in [2.24, 2.45) is 5.92 Å². The average molecular weight is 195 g/mol. The van der Waals surface area contributed by atoms with Crippen LogP contribution >= 0.6 is 0 Å². The van der Waals surface area contributed by atoms with E-state index in [4.69, 9.17) is 5.11 Å². The van der Waals surface area contributed by atoms with Crippen LogP contribution in [0.15, 0.2) is 0 Å². The van der Waals surface area contributed by atoms with Gasteiger partial charge >= 0.3 is 0 Å². The maximum atomic E-state index is 11.1. The molecule has 0 aromatic carbocycles. The van der Waals surface area contributed by atoms with Crippen LogP contribution in [0.4, 0.5) is 0 Å². The summed E-state index contributed by atoms with van der Waals surface area (Å²) >= 11 is 0. The second-order valence-corrected chi connectivity index (χ2v) is 5.10. The second kappa shape index (κ2) is 4.79. The summed E-state index contributed by atoms with van der Waals surface area (Å²) in [4.78, 5) is 0. The van der Waals surface area contributed by atoms with Gasteiger partial charge in [0.05, 0.1) is 12.4 Å². The standard InChI is InChI=1S/C7H17NO3S/c1-4-12(10,11)8-7(5-9)6(2)3/h6-9H,4-5H2,1-3H3. The molecule has 0 saturated heterocycles. The molecule has 0 rings (SSSR count). The molecule has 0 spiro atoms. The third-order valence-corrected chi connectivity index (χ3v) is 3.13. The van der Waals surface area contributed by atoms with Gasteiger partial charge in [-0.15, -0.1) is 0 Å². The number of sulfonamides is 1. The molecule has 0 radical (unpaired) electrons. The van der Waals surface area contributed by atoms with E-state index in [1.807, 2.05) is 13.8 Å². The fourth-order valence-electron chi connectivity index (χ4n) is 0.698. The number of rotatable bonds is 5. The molecule has 12 heavy (non-hydrogen) atoms. The monoisotopic (exact) mass is 195 g/mol. The minimum absolute atomic E-state index is 0.0518. The number of aliphatic hydroxyl groups is 1. The van der Waals surface area contributed by atoms with E-state index in [2.05, 4.69) is 4.72 Å². The Kier molecular flexibility index (Phi) is 4.74. The number of nitrogens with one attached hydrogen (secondary N) is 1. The van der Waals surface area contributed by atoms with Crippen molar-refractivity contribution in [3.05, 3.63) is 0 Å². The van der Waals surface area contributed by atoms with E-state index in [-0.39, 0.29) is 24.3 Å². The molecule has 0 fully saturated rings. The highest BCUT2D eigenvalue weighted by Gasteiger charge is 2.17. The van der Waals surface area contributed by atoms with E-state index < -0.39 is 10.0 Å². The zero-order chi connectivity index (χ0) is 9.78. The Morgan fingerprint density at radius 1 is 1.42 bits per heavy atom. The van der Waals surface area contributed by atoms with Gasteiger partial charge in [-0.2, -0.15) is 0 Å². The molecule has 4 nitrogen and oxygen atoms in total. The Morgan fingerprint density at radius 3 is 2.17 bits per heavy atom. The number of hydrogen-bond acceptors (Lipinski definition) is 3. The summed E-state index contributed by atoms with van der Waals surface area (Å²) in [7, 11) is -3.19. The maximum Gasteiger partial charge on any atom is 0.211 e. The van der Waals surface area contributed by atoms with E-state index in [9.17, 15) is 8.42 Å². The first-order chi connectivity index (χ1) is 5.43. The van der Waals surface area contributed by atoms with Crippen LogP contribution in [-0.2, 0) is 10.0 Å². The highest BCUT2D eigenvalue weighted by molar-refractivity contribution is 7.89. The lowest BCUT2D eigenvalue weighted by Crippen LogP contribution is -2.41. The van der Waals surface area contributed by atoms with Gasteiger partial charge in [0.25, 0.3) is 0 Å². The Labute approximate surface area is 74.0 Å². The SMILES string of the molecule is CCS(=O)(=O)NC(CO)C(C)C. The molecule has 0 bridgehead atoms. The first-order valence-corrected chi connectivity index (χ1v) is 5.69. The van der Waals surface area contributed by atoms with Gasteiger partial charge in [0.1, 0.15) is 0 Å². The lowest BCUT2D eigenvalue weighted by atomic mass is 10.1. The van der Waals surface area contributed by atoms with Gasteiger partial charge in [-0.3, -0.25) is 0 Å². The lowest BCUT2D eigenvalue weighted by molar-refractivity contribution is 0.228. The van der Waals surface area contributed by atoms with Gasteiger partial charge in [-0.1, -0.05) is 13.8 Å².